The molecule has 2 aromatic carbocycles. The van der Waals surface area contributed by atoms with Gasteiger partial charge in [0.2, 0.25) is 24.0 Å². The summed E-state index contributed by atoms with van der Waals surface area (Å²) >= 11 is 0. The number of ether oxygens (including phenoxy) is 4. The Kier molecular flexibility index (Phi) is 13.8. The summed E-state index contributed by atoms with van der Waals surface area (Å²) in [4.78, 5) is 42.2. The second-order valence-electron chi connectivity index (χ2n) is 14.7. The number of hydrogen-bond acceptors (Lipinski definition) is 12. The lowest BCUT2D eigenvalue weighted by molar-refractivity contribution is -0.278. The number of carbonyl (C=O) groups is 3. The van der Waals surface area contributed by atoms with E-state index in [1.54, 1.807) is 23.6 Å². The van der Waals surface area contributed by atoms with Gasteiger partial charge in [-0.1, -0.05) is 50.2 Å². The first kappa shape index (κ1) is 41.4. The number of aromatic amines is 1. The monoisotopic (exact) mass is 767 g/mol. The van der Waals surface area contributed by atoms with Crippen LogP contribution in [0.15, 0.2) is 48.5 Å². The molecule has 1 aromatic heterocycles. The Morgan fingerprint density at radius 2 is 1.69 bits per heavy atom. The molecular formula is C39H53N5O11. The fraction of sp³-hybridized carbons (Fsp3) is 0.538. The van der Waals surface area contributed by atoms with Crippen LogP contribution in [0.4, 0.5) is 4.79 Å². The molecule has 16 nitrogen and oxygen atoms in total. The van der Waals surface area contributed by atoms with Crippen molar-refractivity contribution in [1.29, 1.82) is 0 Å². The highest BCUT2D eigenvalue weighted by molar-refractivity contribution is 6.04. The van der Waals surface area contributed by atoms with Gasteiger partial charge in [-0.3, -0.25) is 14.7 Å². The smallest absolute Gasteiger partial charge is 0.410 e. The van der Waals surface area contributed by atoms with Crippen LogP contribution < -0.4 is 14.8 Å². The van der Waals surface area contributed by atoms with E-state index in [2.05, 4.69) is 15.5 Å². The van der Waals surface area contributed by atoms with Crippen LogP contribution in [-0.2, 0) is 32.1 Å². The highest BCUT2D eigenvalue weighted by atomic mass is 16.7. The molecule has 3 amide bonds. The lowest BCUT2D eigenvalue weighted by atomic mass is 9.90. The van der Waals surface area contributed by atoms with Crippen molar-refractivity contribution in [3.8, 4) is 11.6 Å². The third-order valence-corrected chi connectivity index (χ3v) is 9.98. The van der Waals surface area contributed by atoms with Crippen molar-refractivity contribution in [2.24, 2.45) is 5.41 Å². The number of rotatable bonds is 14. The molecule has 3 aromatic rings. The summed E-state index contributed by atoms with van der Waals surface area (Å²) in [5.41, 5.74) is 2.92. The third kappa shape index (κ3) is 9.93. The van der Waals surface area contributed by atoms with Crippen molar-refractivity contribution in [2.45, 2.75) is 84.3 Å². The molecule has 300 valence electrons. The van der Waals surface area contributed by atoms with Crippen molar-refractivity contribution in [3.05, 3.63) is 76.5 Å². The normalized spacial score (nSPS) is 21.7. The average Bonchev–Trinajstić information content (AvgIpc) is 3.58. The van der Waals surface area contributed by atoms with Gasteiger partial charge in [0.1, 0.15) is 48.8 Å². The van der Waals surface area contributed by atoms with Gasteiger partial charge < -0.3 is 54.5 Å². The van der Waals surface area contributed by atoms with Gasteiger partial charge in [-0.2, -0.15) is 0 Å². The number of amides is 3. The third-order valence-electron chi connectivity index (χ3n) is 9.98. The number of aliphatic hydroxyl groups excluding tert-OH is 4. The summed E-state index contributed by atoms with van der Waals surface area (Å²) in [7, 11) is 0. The van der Waals surface area contributed by atoms with Crippen LogP contribution in [0, 0.1) is 12.3 Å². The first-order chi connectivity index (χ1) is 26.2. The van der Waals surface area contributed by atoms with Crippen LogP contribution in [0.3, 0.4) is 0 Å². The zero-order chi connectivity index (χ0) is 39.9. The molecule has 2 aliphatic rings. The minimum Gasteiger partial charge on any atom is -0.492 e. The number of aryl methyl sites for hydroxylation is 1. The van der Waals surface area contributed by atoms with Crippen LogP contribution >= 0.6 is 0 Å². The van der Waals surface area contributed by atoms with Crippen LogP contribution in [0.5, 0.6) is 11.6 Å². The molecule has 5 atom stereocenters. The molecule has 0 saturated carbocycles. The number of piperazine rings is 1. The molecule has 16 heteroatoms. The molecule has 0 spiro atoms. The van der Waals surface area contributed by atoms with Gasteiger partial charge in [0.25, 0.3) is 0 Å². The molecule has 0 unspecified atom stereocenters. The second-order valence-corrected chi connectivity index (χ2v) is 14.7. The Hall–Kier alpha value is -4.74. The molecule has 2 aliphatic heterocycles. The molecule has 2 saturated heterocycles. The van der Waals surface area contributed by atoms with E-state index >= 15 is 0 Å². The summed E-state index contributed by atoms with van der Waals surface area (Å²) in [6.07, 6.45) is -7.21. The molecule has 0 bridgehead atoms. The number of benzene rings is 2. The Balaban J connectivity index is 1.09. The zero-order valence-electron chi connectivity index (χ0n) is 31.9. The van der Waals surface area contributed by atoms with Crippen LogP contribution in [0.2, 0.25) is 0 Å². The predicted molar refractivity (Wildman–Crippen MR) is 198 cm³/mol. The van der Waals surface area contributed by atoms with Crippen molar-refractivity contribution >= 4 is 17.9 Å². The maximum absolute atomic E-state index is 13.4. The largest absolute Gasteiger partial charge is 0.492 e. The Morgan fingerprint density at radius 1 is 1.00 bits per heavy atom. The molecule has 3 heterocycles. The van der Waals surface area contributed by atoms with E-state index in [4.69, 9.17) is 18.9 Å². The first-order valence-electron chi connectivity index (χ1n) is 18.5. The van der Waals surface area contributed by atoms with E-state index in [-0.39, 0.29) is 37.5 Å². The van der Waals surface area contributed by atoms with E-state index < -0.39 is 54.7 Å². The van der Waals surface area contributed by atoms with Crippen molar-refractivity contribution in [1.82, 2.24) is 25.3 Å². The lowest BCUT2D eigenvalue weighted by Crippen LogP contribution is -2.60. The van der Waals surface area contributed by atoms with Crippen molar-refractivity contribution in [2.75, 3.05) is 45.9 Å². The summed E-state index contributed by atoms with van der Waals surface area (Å²) in [5, 5.41) is 50.5. The van der Waals surface area contributed by atoms with Crippen molar-refractivity contribution in [3.63, 3.8) is 0 Å². The quantitative estimate of drug-likeness (QED) is 0.102. The molecule has 2 fully saturated rings. The first-order valence-corrected chi connectivity index (χ1v) is 18.5. The number of nitrogens with one attached hydrogen (secondary N) is 2. The topological polar surface area (TPSA) is 216 Å². The minimum atomic E-state index is -1.59. The summed E-state index contributed by atoms with van der Waals surface area (Å²) < 4.78 is 22.8. The summed E-state index contributed by atoms with van der Waals surface area (Å²) in [6, 6.07) is 15.0. The fourth-order valence-corrected chi connectivity index (χ4v) is 6.48. The number of hydrogen-bond donors (Lipinski definition) is 6. The van der Waals surface area contributed by atoms with E-state index in [9.17, 15) is 34.8 Å². The number of nitrogens with zero attached hydrogens (tertiary/aromatic N) is 3. The highest BCUT2D eigenvalue weighted by Gasteiger charge is 2.45. The zero-order valence-corrected chi connectivity index (χ0v) is 31.9. The van der Waals surface area contributed by atoms with E-state index in [1.165, 1.54) is 0 Å². The number of H-pyrrole nitrogens is 1. The van der Waals surface area contributed by atoms with Crippen LogP contribution in [0.25, 0.3) is 0 Å². The second kappa shape index (κ2) is 18.3. The SMILES string of the molecule is Cc1cc(OCCNC(=O)C(C)(C)C(=O)N2CCN(C(=O)OCc3ccccc3)CC2)ccc1Cc1c(O[C@@H]2O[C@H](CO)[C@@H](O)[C@H](O)[C@H]2O)n[nH]c1C(C)C. The van der Waals surface area contributed by atoms with Crippen LogP contribution in [0.1, 0.15) is 61.6 Å². The van der Waals surface area contributed by atoms with Gasteiger partial charge in [0.15, 0.2) is 0 Å². The molecule has 0 radical (unpaired) electrons. The Labute approximate surface area is 320 Å². The fourth-order valence-electron chi connectivity index (χ4n) is 6.48. The van der Waals surface area contributed by atoms with Gasteiger partial charge in [-0.25, -0.2) is 4.79 Å². The van der Waals surface area contributed by atoms with Gasteiger partial charge in [-0.05, 0) is 55.5 Å². The number of aliphatic hydroxyl groups is 4. The number of carbonyl (C=O) groups excluding carboxylic acids is 3. The van der Waals surface area contributed by atoms with Crippen LogP contribution in [-0.4, -0.2) is 135 Å². The maximum Gasteiger partial charge on any atom is 0.410 e. The van der Waals surface area contributed by atoms with Gasteiger partial charge in [0.05, 0.1) is 13.2 Å². The lowest BCUT2D eigenvalue weighted by Gasteiger charge is -2.39. The van der Waals surface area contributed by atoms with E-state index in [0.29, 0.717) is 43.9 Å². The predicted octanol–water partition coefficient (Wildman–Crippen LogP) is 1.61. The van der Waals surface area contributed by atoms with Gasteiger partial charge >= 0.3 is 6.09 Å². The van der Waals surface area contributed by atoms with Gasteiger partial charge in [-0.15, -0.1) is 5.10 Å². The molecule has 6 N–H and O–H groups in total. The molecule has 55 heavy (non-hydrogen) atoms. The standard InChI is InChI=1S/C39H53N5O11/c1-23(2)30-28(34(42-41-30)55-35-33(48)32(47)31(46)29(21-45)54-35)20-26-11-12-27(19-24(26)3)52-18-13-40-36(49)39(4,5)37(50)43-14-16-44(17-15-43)38(51)53-22-25-9-7-6-8-10-25/h6-12,19,23,29,31-33,35,45-48H,13-18,20-22H2,1-5H3,(H,40,49)(H,41,42)/t29-,31-,32+,33-,35+/m1/s1. The number of aromatic nitrogens is 2. The van der Waals surface area contributed by atoms with Crippen molar-refractivity contribution < 1.29 is 53.8 Å². The van der Waals surface area contributed by atoms with E-state index in [1.807, 2.05) is 69.3 Å². The molecule has 0 aliphatic carbocycles. The minimum absolute atomic E-state index is 0.0411. The van der Waals surface area contributed by atoms with Gasteiger partial charge in [0, 0.05) is 43.9 Å². The maximum atomic E-state index is 13.4. The molecular weight excluding hydrogens is 714 g/mol. The molecule has 5 rings (SSSR count). The van der Waals surface area contributed by atoms with E-state index in [0.717, 1.165) is 22.4 Å². The highest BCUT2D eigenvalue weighted by Crippen LogP contribution is 2.32. The Bertz CT molecular complexity index is 1760. The summed E-state index contributed by atoms with van der Waals surface area (Å²) in [5.74, 6) is 0.0282. The Morgan fingerprint density at radius 3 is 2.35 bits per heavy atom. The average molecular weight is 768 g/mol. The summed E-state index contributed by atoms with van der Waals surface area (Å²) in [6.45, 7) is 10.2.